The fourth-order valence-electron chi connectivity index (χ4n) is 1.54. The quantitative estimate of drug-likeness (QED) is 0.778. The minimum Gasteiger partial charge on any atom is -0.481 e. The summed E-state index contributed by atoms with van der Waals surface area (Å²) < 4.78 is 4.91. The Morgan fingerprint density at radius 1 is 1.53 bits per heavy atom. The largest absolute Gasteiger partial charge is 0.481 e. The molecule has 1 aromatic rings. The summed E-state index contributed by atoms with van der Waals surface area (Å²) in [4.78, 5) is 16.7. The van der Waals surface area contributed by atoms with E-state index >= 15 is 0 Å². The summed E-state index contributed by atoms with van der Waals surface area (Å²) in [5, 5.41) is 12.4. The number of carboxylic acids is 1. The minimum absolute atomic E-state index is 0.189. The molecule has 0 bridgehead atoms. The molecule has 1 N–H and O–H groups in total. The third-order valence-electron chi connectivity index (χ3n) is 2.48. The topological polar surface area (TPSA) is 79.5 Å². The van der Waals surface area contributed by atoms with Crippen LogP contribution in [0.25, 0.3) is 0 Å². The van der Waals surface area contributed by atoms with Crippen molar-refractivity contribution in [3.8, 4) is 0 Å². The van der Waals surface area contributed by atoms with Crippen LogP contribution in [0, 0.1) is 6.92 Å². The van der Waals surface area contributed by atoms with Gasteiger partial charge >= 0.3 is 5.97 Å². The highest BCUT2D eigenvalue weighted by Crippen LogP contribution is 2.07. The fraction of sp³-hybridized carbons (Fsp3) is 0.727. The molecule has 6 heteroatoms. The molecule has 0 fully saturated rings. The number of aliphatic carboxylic acids is 1. The maximum atomic E-state index is 10.5. The molecule has 0 aromatic carbocycles. The van der Waals surface area contributed by atoms with E-state index < -0.39 is 5.97 Å². The lowest BCUT2D eigenvalue weighted by atomic mass is 10.2. The monoisotopic (exact) mass is 241 g/mol. The van der Waals surface area contributed by atoms with Gasteiger partial charge in [-0.05, 0) is 26.8 Å². The van der Waals surface area contributed by atoms with E-state index in [4.69, 9.17) is 9.63 Å². The Bertz CT molecular complexity index is 363. The smallest absolute Gasteiger partial charge is 0.303 e. The van der Waals surface area contributed by atoms with Crippen LogP contribution in [0.1, 0.15) is 38.4 Å². The summed E-state index contributed by atoms with van der Waals surface area (Å²) >= 11 is 0. The van der Waals surface area contributed by atoms with Crippen LogP contribution in [0.3, 0.4) is 0 Å². The zero-order valence-corrected chi connectivity index (χ0v) is 10.5. The van der Waals surface area contributed by atoms with Crippen molar-refractivity contribution in [1.82, 2.24) is 15.0 Å². The van der Waals surface area contributed by atoms with Crippen LogP contribution in [0.15, 0.2) is 4.52 Å². The maximum Gasteiger partial charge on any atom is 0.303 e. The molecule has 1 heterocycles. The number of aromatic nitrogens is 2. The van der Waals surface area contributed by atoms with Crippen molar-refractivity contribution in [2.75, 3.05) is 6.54 Å². The van der Waals surface area contributed by atoms with Crippen LogP contribution in [-0.2, 0) is 11.3 Å². The van der Waals surface area contributed by atoms with Gasteiger partial charge in [0.05, 0.1) is 6.54 Å². The Labute approximate surface area is 101 Å². The number of hydrogen-bond acceptors (Lipinski definition) is 5. The Kier molecular flexibility index (Phi) is 5.09. The molecule has 0 amide bonds. The van der Waals surface area contributed by atoms with E-state index in [0.717, 1.165) is 6.54 Å². The normalized spacial score (nSPS) is 11.4. The highest BCUT2D eigenvalue weighted by molar-refractivity contribution is 5.66. The van der Waals surface area contributed by atoms with E-state index in [1.165, 1.54) is 0 Å². The molecule has 17 heavy (non-hydrogen) atoms. The average molecular weight is 241 g/mol. The molecule has 0 spiro atoms. The molecule has 0 aliphatic rings. The number of carbonyl (C=O) groups is 1. The standard InChI is InChI=1S/C11H19N3O3/c1-8(2)14(6-4-5-11(15)16)7-10-12-9(3)17-13-10/h8H,4-7H2,1-3H3,(H,15,16). The van der Waals surface area contributed by atoms with Crippen LogP contribution in [-0.4, -0.2) is 38.7 Å². The Balaban J connectivity index is 2.46. The number of nitrogens with zero attached hydrogens (tertiary/aromatic N) is 3. The van der Waals surface area contributed by atoms with Crippen molar-refractivity contribution in [3.63, 3.8) is 0 Å². The van der Waals surface area contributed by atoms with E-state index in [1.54, 1.807) is 6.92 Å². The molecule has 0 radical (unpaired) electrons. The summed E-state index contributed by atoms with van der Waals surface area (Å²) in [5.41, 5.74) is 0. The molecule has 0 unspecified atom stereocenters. The van der Waals surface area contributed by atoms with Crippen molar-refractivity contribution >= 4 is 5.97 Å². The van der Waals surface area contributed by atoms with E-state index in [2.05, 4.69) is 28.9 Å². The van der Waals surface area contributed by atoms with Crippen LogP contribution < -0.4 is 0 Å². The third-order valence-corrected chi connectivity index (χ3v) is 2.48. The molecule has 0 aliphatic heterocycles. The zero-order chi connectivity index (χ0) is 12.8. The number of aryl methyl sites for hydroxylation is 1. The van der Waals surface area contributed by atoms with E-state index in [-0.39, 0.29) is 6.42 Å². The second-order valence-electron chi connectivity index (χ2n) is 4.29. The van der Waals surface area contributed by atoms with Gasteiger partial charge in [-0.1, -0.05) is 5.16 Å². The Morgan fingerprint density at radius 2 is 2.24 bits per heavy atom. The van der Waals surface area contributed by atoms with Crippen LogP contribution >= 0.6 is 0 Å². The Morgan fingerprint density at radius 3 is 2.71 bits per heavy atom. The molecule has 0 saturated heterocycles. The lowest BCUT2D eigenvalue weighted by Crippen LogP contribution is -2.32. The van der Waals surface area contributed by atoms with Crippen molar-refractivity contribution in [1.29, 1.82) is 0 Å². The van der Waals surface area contributed by atoms with Crippen molar-refractivity contribution in [2.24, 2.45) is 0 Å². The van der Waals surface area contributed by atoms with Gasteiger partial charge in [0.1, 0.15) is 0 Å². The van der Waals surface area contributed by atoms with Crippen LogP contribution in [0.2, 0.25) is 0 Å². The van der Waals surface area contributed by atoms with Crippen molar-refractivity contribution in [3.05, 3.63) is 11.7 Å². The SMILES string of the molecule is Cc1nc(CN(CCCC(=O)O)C(C)C)no1. The first-order valence-corrected chi connectivity index (χ1v) is 5.74. The van der Waals surface area contributed by atoms with Crippen LogP contribution in [0.4, 0.5) is 0 Å². The van der Waals surface area contributed by atoms with Gasteiger partial charge in [0.2, 0.25) is 5.89 Å². The second kappa shape index (κ2) is 6.34. The highest BCUT2D eigenvalue weighted by atomic mass is 16.5. The van der Waals surface area contributed by atoms with Gasteiger partial charge in [-0.3, -0.25) is 9.69 Å². The van der Waals surface area contributed by atoms with Gasteiger partial charge in [0.25, 0.3) is 0 Å². The third kappa shape index (κ3) is 4.95. The van der Waals surface area contributed by atoms with Gasteiger partial charge in [0.15, 0.2) is 5.82 Å². The number of carboxylic acid groups (broad SMARTS) is 1. The lowest BCUT2D eigenvalue weighted by Gasteiger charge is -2.24. The molecule has 0 atom stereocenters. The van der Waals surface area contributed by atoms with E-state index in [1.807, 2.05) is 0 Å². The molecule has 6 nitrogen and oxygen atoms in total. The Hall–Kier alpha value is -1.43. The lowest BCUT2D eigenvalue weighted by molar-refractivity contribution is -0.137. The van der Waals surface area contributed by atoms with Gasteiger partial charge < -0.3 is 9.63 Å². The van der Waals surface area contributed by atoms with Crippen molar-refractivity contribution < 1.29 is 14.4 Å². The van der Waals surface area contributed by atoms with E-state index in [9.17, 15) is 4.79 Å². The van der Waals surface area contributed by atoms with Crippen molar-refractivity contribution in [2.45, 2.75) is 46.2 Å². The molecule has 96 valence electrons. The molecule has 1 aromatic heterocycles. The first kappa shape index (κ1) is 13.6. The summed E-state index contributed by atoms with van der Waals surface area (Å²) in [7, 11) is 0. The summed E-state index contributed by atoms with van der Waals surface area (Å²) in [6.07, 6.45) is 0.818. The predicted octanol–water partition coefficient (Wildman–Crippen LogP) is 1.45. The van der Waals surface area contributed by atoms with Gasteiger partial charge in [-0.25, -0.2) is 0 Å². The predicted molar refractivity (Wildman–Crippen MR) is 61.5 cm³/mol. The molecule has 1 rings (SSSR count). The summed E-state index contributed by atoms with van der Waals surface area (Å²) in [6.45, 7) is 7.19. The van der Waals surface area contributed by atoms with E-state index in [0.29, 0.717) is 30.7 Å². The fourth-order valence-corrected chi connectivity index (χ4v) is 1.54. The van der Waals surface area contributed by atoms with Gasteiger partial charge in [0, 0.05) is 19.4 Å². The summed E-state index contributed by atoms with van der Waals surface area (Å²) in [5.74, 6) is 0.435. The first-order chi connectivity index (χ1) is 7.99. The maximum absolute atomic E-state index is 10.5. The molecular formula is C11H19N3O3. The zero-order valence-electron chi connectivity index (χ0n) is 10.5. The van der Waals surface area contributed by atoms with Gasteiger partial charge in [-0.2, -0.15) is 4.98 Å². The average Bonchev–Trinajstić information content (AvgIpc) is 2.62. The second-order valence-corrected chi connectivity index (χ2v) is 4.29. The molecule has 0 aliphatic carbocycles. The molecular weight excluding hydrogens is 222 g/mol. The first-order valence-electron chi connectivity index (χ1n) is 5.74. The highest BCUT2D eigenvalue weighted by Gasteiger charge is 2.13. The van der Waals surface area contributed by atoms with Crippen LogP contribution in [0.5, 0.6) is 0 Å². The number of rotatable bonds is 7. The minimum atomic E-state index is -0.760. The summed E-state index contributed by atoms with van der Waals surface area (Å²) in [6, 6.07) is 0.322. The molecule has 0 saturated carbocycles. The number of hydrogen-bond donors (Lipinski definition) is 1. The van der Waals surface area contributed by atoms with Gasteiger partial charge in [-0.15, -0.1) is 0 Å².